The minimum atomic E-state index is -1.05. The molecule has 0 heterocycles. The molecule has 0 radical (unpaired) electrons. The van der Waals surface area contributed by atoms with Crippen LogP contribution in [0.5, 0.6) is 0 Å². The van der Waals surface area contributed by atoms with Crippen molar-refractivity contribution in [1.82, 2.24) is 0 Å². The van der Waals surface area contributed by atoms with Gasteiger partial charge in [-0.1, -0.05) is 57.9 Å². The van der Waals surface area contributed by atoms with Crippen LogP contribution < -0.4 is 0 Å². The molecule has 0 saturated heterocycles. The van der Waals surface area contributed by atoms with Crippen LogP contribution in [0.4, 0.5) is 4.39 Å². The number of halogens is 1. The number of aliphatic hydroxyl groups is 2. The summed E-state index contributed by atoms with van der Waals surface area (Å²) in [6.07, 6.45) is 10.7. The Kier molecular flexibility index (Phi) is 11.0. The number of hydrogen-bond donors (Lipinski definition) is 2. The molecule has 1 aliphatic rings. The third-order valence-corrected chi connectivity index (χ3v) is 5.92. The number of rotatable bonds is 12. The Bertz CT molecular complexity index is 515. The first kappa shape index (κ1) is 24.8. The Morgan fingerprint density at radius 2 is 2.04 bits per heavy atom. The normalized spacial score (nSPS) is 27.0. The molecular formula is C23H39FO4. The van der Waals surface area contributed by atoms with Gasteiger partial charge in [0.1, 0.15) is 6.17 Å². The number of hydrogen-bond acceptors (Lipinski definition) is 4. The number of carbonyl (C=O) groups is 1. The van der Waals surface area contributed by atoms with Crippen molar-refractivity contribution in [3.8, 4) is 0 Å². The highest BCUT2D eigenvalue weighted by Gasteiger charge is 2.41. The van der Waals surface area contributed by atoms with Gasteiger partial charge in [-0.25, -0.2) is 4.39 Å². The van der Waals surface area contributed by atoms with E-state index in [4.69, 9.17) is 0 Å². The quantitative estimate of drug-likeness (QED) is 0.283. The molecule has 0 aromatic carbocycles. The molecule has 5 atom stereocenters. The molecule has 0 aliphatic heterocycles. The summed E-state index contributed by atoms with van der Waals surface area (Å²) < 4.78 is 19.0. The Labute approximate surface area is 169 Å². The molecule has 0 aromatic heterocycles. The van der Waals surface area contributed by atoms with Crippen molar-refractivity contribution in [2.75, 3.05) is 7.11 Å². The summed E-state index contributed by atoms with van der Waals surface area (Å²) in [6.45, 7) is 6.20. The lowest BCUT2D eigenvalue weighted by atomic mass is 9.80. The summed E-state index contributed by atoms with van der Waals surface area (Å²) in [7, 11) is 1.38. The Balaban J connectivity index is 2.59. The highest BCUT2D eigenvalue weighted by Crippen LogP contribution is 2.39. The molecule has 1 rings (SSSR count). The van der Waals surface area contributed by atoms with Crippen molar-refractivity contribution in [2.45, 2.75) is 90.5 Å². The molecular weight excluding hydrogens is 359 g/mol. The van der Waals surface area contributed by atoms with E-state index in [-0.39, 0.29) is 29.6 Å². The number of methoxy groups -OCH3 is 1. The topological polar surface area (TPSA) is 66.8 Å². The molecule has 4 nitrogen and oxygen atoms in total. The fourth-order valence-electron chi connectivity index (χ4n) is 3.78. The van der Waals surface area contributed by atoms with Gasteiger partial charge in [-0.2, -0.15) is 0 Å². The van der Waals surface area contributed by atoms with Gasteiger partial charge in [0.25, 0.3) is 0 Å². The van der Waals surface area contributed by atoms with E-state index in [0.717, 1.165) is 25.7 Å². The molecule has 1 saturated carbocycles. The van der Waals surface area contributed by atoms with Gasteiger partial charge in [0.2, 0.25) is 0 Å². The number of unbranched alkanes of at least 4 members (excludes halogenated alkanes) is 2. The van der Waals surface area contributed by atoms with Gasteiger partial charge >= 0.3 is 5.97 Å². The summed E-state index contributed by atoms with van der Waals surface area (Å²) in [5.41, 5.74) is -0.236. The van der Waals surface area contributed by atoms with E-state index >= 15 is 0 Å². The predicted molar refractivity (Wildman–Crippen MR) is 111 cm³/mol. The number of ether oxygens (including phenoxy) is 1. The van der Waals surface area contributed by atoms with Crippen LogP contribution in [0.15, 0.2) is 24.3 Å². The first-order valence-corrected chi connectivity index (χ1v) is 10.6. The van der Waals surface area contributed by atoms with Crippen LogP contribution in [0.1, 0.15) is 72.1 Å². The van der Waals surface area contributed by atoms with E-state index in [1.54, 1.807) is 6.08 Å². The Morgan fingerprint density at radius 3 is 2.68 bits per heavy atom. The van der Waals surface area contributed by atoms with Crippen LogP contribution >= 0.6 is 0 Å². The first-order chi connectivity index (χ1) is 13.2. The number of carbonyl (C=O) groups excluding carboxylic acids is 1. The lowest BCUT2D eigenvalue weighted by Crippen LogP contribution is -2.28. The van der Waals surface area contributed by atoms with Gasteiger partial charge in [0, 0.05) is 24.7 Å². The smallest absolute Gasteiger partial charge is 0.305 e. The summed E-state index contributed by atoms with van der Waals surface area (Å²) in [6, 6.07) is 0. The van der Waals surface area contributed by atoms with Crippen LogP contribution in [0.3, 0.4) is 0 Å². The summed E-state index contributed by atoms with van der Waals surface area (Å²) >= 11 is 0. The molecule has 28 heavy (non-hydrogen) atoms. The lowest BCUT2D eigenvalue weighted by Gasteiger charge is -2.29. The lowest BCUT2D eigenvalue weighted by molar-refractivity contribution is -0.140. The maximum Gasteiger partial charge on any atom is 0.305 e. The van der Waals surface area contributed by atoms with Crippen molar-refractivity contribution in [1.29, 1.82) is 0 Å². The maximum atomic E-state index is 14.4. The fourth-order valence-corrected chi connectivity index (χ4v) is 3.78. The van der Waals surface area contributed by atoms with Gasteiger partial charge < -0.3 is 14.9 Å². The summed E-state index contributed by atoms with van der Waals surface area (Å²) in [5.74, 6) is -0.790. The molecule has 1 fully saturated rings. The number of allylic oxidation sites excluding steroid dienone is 2. The van der Waals surface area contributed by atoms with Crippen molar-refractivity contribution < 1.29 is 24.1 Å². The largest absolute Gasteiger partial charge is 0.469 e. The zero-order valence-corrected chi connectivity index (χ0v) is 17.9. The minimum absolute atomic E-state index is 0.144. The van der Waals surface area contributed by atoms with E-state index in [2.05, 4.69) is 11.7 Å². The van der Waals surface area contributed by atoms with Crippen LogP contribution in [0.2, 0.25) is 0 Å². The zero-order valence-electron chi connectivity index (χ0n) is 17.9. The highest BCUT2D eigenvalue weighted by atomic mass is 19.1. The van der Waals surface area contributed by atoms with Gasteiger partial charge in [-0.15, -0.1) is 0 Å². The molecule has 0 amide bonds. The second kappa shape index (κ2) is 12.4. The average Bonchev–Trinajstić information content (AvgIpc) is 2.93. The van der Waals surface area contributed by atoms with Gasteiger partial charge in [0.05, 0.1) is 19.3 Å². The summed E-state index contributed by atoms with van der Waals surface area (Å²) in [4.78, 5) is 11.1. The predicted octanol–water partition coefficient (Wildman–Crippen LogP) is 4.74. The second-order valence-electron chi connectivity index (χ2n) is 8.66. The third kappa shape index (κ3) is 8.04. The molecule has 162 valence electrons. The van der Waals surface area contributed by atoms with Crippen molar-refractivity contribution in [3.63, 3.8) is 0 Å². The van der Waals surface area contributed by atoms with Crippen LogP contribution in [0.25, 0.3) is 0 Å². The number of aliphatic hydroxyl groups excluding tert-OH is 2. The van der Waals surface area contributed by atoms with Gasteiger partial charge in [0.15, 0.2) is 0 Å². The summed E-state index contributed by atoms with van der Waals surface area (Å²) in [5, 5.41) is 20.8. The molecule has 2 N–H and O–H groups in total. The van der Waals surface area contributed by atoms with E-state index in [1.165, 1.54) is 7.11 Å². The van der Waals surface area contributed by atoms with Gasteiger partial charge in [-0.05, 0) is 31.1 Å². The van der Waals surface area contributed by atoms with Gasteiger partial charge in [-0.3, -0.25) is 4.79 Å². The molecule has 1 aliphatic carbocycles. The van der Waals surface area contributed by atoms with Crippen LogP contribution in [-0.2, 0) is 9.53 Å². The number of esters is 1. The number of alkyl halides is 1. The van der Waals surface area contributed by atoms with Crippen molar-refractivity contribution in [3.05, 3.63) is 24.3 Å². The standard InChI is InChI=1S/C23H39FO4/c1-5-6-15-23(2,3)21(26)14-13-18-17(19(24)16-20(18)25)11-9-7-8-10-12-22(27)28-4/h7,9,13-14,17-21,25-26H,5-6,8,10-12,15-16H2,1-4H3/b9-7-,14-13+/t17-,18-,19-,20-,21-/m1/s1. The Hall–Kier alpha value is -1.20. The van der Waals surface area contributed by atoms with Crippen LogP contribution in [0, 0.1) is 17.3 Å². The van der Waals surface area contributed by atoms with Crippen molar-refractivity contribution >= 4 is 5.97 Å². The molecule has 0 aromatic rings. The van der Waals surface area contributed by atoms with E-state index in [9.17, 15) is 19.4 Å². The molecule has 0 bridgehead atoms. The Morgan fingerprint density at radius 1 is 1.32 bits per heavy atom. The monoisotopic (exact) mass is 398 g/mol. The molecule has 0 unspecified atom stereocenters. The van der Waals surface area contributed by atoms with E-state index in [1.807, 2.05) is 32.1 Å². The SMILES string of the molecule is CCCCC(C)(C)[C@H](O)/C=C/[C@@H]1[C@@H](C/C=C\CCCC(=O)OC)[C@H](F)C[C@H]1O. The highest BCUT2D eigenvalue weighted by molar-refractivity contribution is 5.69. The van der Waals surface area contributed by atoms with E-state index in [0.29, 0.717) is 19.3 Å². The average molecular weight is 399 g/mol. The zero-order chi connectivity index (χ0) is 21.2. The van der Waals surface area contributed by atoms with E-state index < -0.39 is 18.4 Å². The first-order valence-electron chi connectivity index (χ1n) is 10.6. The molecule has 0 spiro atoms. The maximum absolute atomic E-state index is 14.4. The minimum Gasteiger partial charge on any atom is -0.469 e. The van der Waals surface area contributed by atoms with Crippen molar-refractivity contribution in [2.24, 2.45) is 17.3 Å². The fraction of sp³-hybridized carbons (Fsp3) is 0.783. The molecule has 5 heteroatoms. The van der Waals surface area contributed by atoms with Crippen LogP contribution in [-0.4, -0.2) is 41.7 Å². The second-order valence-corrected chi connectivity index (χ2v) is 8.66. The third-order valence-electron chi connectivity index (χ3n) is 5.92.